The molecule has 1 N–H and O–H groups in total. The zero-order chi connectivity index (χ0) is 13.0. The fraction of sp³-hybridized carbons (Fsp3) is 0.385. The molecule has 0 amide bonds. The van der Waals surface area contributed by atoms with Crippen LogP contribution in [0, 0.1) is 0 Å². The van der Waals surface area contributed by atoms with E-state index in [9.17, 15) is 0 Å². The molecule has 0 fully saturated rings. The predicted molar refractivity (Wildman–Crippen MR) is 75.3 cm³/mol. The number of nitrogens with zero attached hydrogens (tertiary/aromatic N) is 3. The van der Waals surface area contributed by atoms with Gasteiger partial charge in [-0.15, -0.1) is 0 Å². The van der Waals surface area contributed by atoms with Crippen LogP contribution < -0.4 is 5.32 Å². The molecule has 0 aromatic carbocycles. The topological polar surface area (TPSA) is 42.7 Å². The van der Waals surface area contributed by atoms with E-state index in [1.807, 2.05) is 30.2 Å². The molecule has 0 saturated carbocycles. The van der Waals surface area contributed by atoms with E-state index in [1.54, 1.807) is 6.20 Å². The minimum Gasteiger partial charge on any atom is -0.336 e. The van der Waals surface area contributed by atoms with Gasteiger partial charge in [0.15, 0.2) is 0 Å². The number of nitrogens with one attached hydrogen (secondary N) is 1. The third-order valence-corrected chi connectivity index (χ3v) is 3.21. The molecular formula is C13H17BrN4. The molecule has 4 nitrogen and oxygen atoms in total. The highest BCUT2D eigenvalue weighted by Gasteiger charge is 2.17. The van der Waals surface area contributed by atoms with Gasteiger partial charge in [0.2, 0.25) is 0 Å². The van der Waals surface area contributed by atoms with Gasteiger partial charge in [-0.25, -0.2) is 4.98 Å². The minimum absolute atomic E-state index is 0.0787. The molecular weight excluding hydrogens is 292 g/mol. The number of rotatable bonds is 5. The molecule has 0 saturated heterocycles. The molecule has 1 atom stereocenters. The quantitative estimate of drug-likeness (QED) is 0.923. The first kappa shape index (κ1) is 13.2. The predicted octanol–water partition coefficient (Wildman–Crippen LogP) is 2.67. The van der Waals surface area contributed by atoms with E-state index in [2.05, 4.69) is 44.2 Å². The second-order valence-electron chi connectivity index (χ2n) is 4.22. The third kappa shape index (κ3) is 2.97. The molecule has 18 heavy (non-hydrogen) atoms. The van der Waals surface area contributed by atoms with E-state index in [0.717, 1.165) is 28.8 Å². The normalized spacial score (nSPS) is 12.6. The Morgan fingerprint density at radius 1 is 1.44 bits per heavy atom. The summed E-state index contributed by atoms with van der Waals surface area (Å²) in [5, 5.41) is 3.51. The summed E-state index contributed by atoms with van der Waals surface area (Å²) in [4.78, 5) is 8.66. The van der Waals surface area contributed by atoms with Gasteiger partial charge in [-0.05, 0) is 40.5 Å². The van der Waals surface area contributed by atoms with E-state index >= 15 is 0 Å². The summed E-state index contributed by atoms with van der Waals surface area (Å²) in [7, 11) is 2.01. The van der Waals surface area contributed by atoms with Crippen molar-refractivity contribution in [3.05, 3.63) is 46.7 Å². The van der Waals surface area contributed by atoms with Crippen molar-refractivity contribution in [2.75, 3.05) is 6.54 Å². The smallest absolute Gasteiger partial charge is 0.130 e. The van der Waals surface area contributed by atoms with Crippen LogP contribution >= 0.6 is 15.9 Å². The minimum atomic E-state index is 0.0787. The van der Waals surface area contributed by atoms with Crippen molar-refractivity contribution in [2.24, 2.45) is 7.05 Å². The first-order valence-corrected chi connectivity index (χ1v) is 6.82. The van der Waals surface area contributed by atoms with Crippen LogP contribution in [0.5, 0.6) is 0 Å². The molecule has 96 valence electrons. The van der Waals surface area contributed by atoms with Crippen LogP contribution in [0.3, 0.4) is 0 Å². The van der Waals surface area contributed by atoms with Crippen molar-refractivity contribution >= 4 is 15.9 Å². The Labute approximate surface area is 116 Å². The molecule has 0 radical (unpaired) electrons. The summed E-state index contributed by atoms with van der Waals surface area (Å²) in [6.07, 6.45) is 8.54. The third-order valence-electron chi connectivity index (χ3n) is 2.77. The Morgan fingerprint density at radius 2 is 2.28 bits per heavy atom. The van der Waals surface area contributed by atoms with E-state index in [1.165, 1.54) is 0 Å². The Kier molecular flexibility index (Phi) is 4.49. The summed E-state index contributed by atoms with van der Waals surface area (Å²) in [6, 6.07) is 2.16. The molecule has 1 unspecified atom stereocenters. The average molecular weight is 309 g/mol. The summed E-state index contributed by atoms with van der Waals surface area (Å²) in [5.41, 5.74) is 1.12. The van der Waals surface area contributed by atoms with E-state index in [4.69, 9.17) is 0 Å². The maximum Gasteiger partial charge on any atom is 0.130 e. The van der Waals surface area contributed by atoms with Crippen molar-refractivity contribution in [1.82, 2.24) is 19.9 Å². The van der Waals surface area contributed by atoms with Crippen LogP contribution in [-0.4, -0.2) is 21.1 Å². The Bertz CT molecular complexity index is 509. The van der Waals surface area contributed by atoms with Crippen LogP contribution in [-0.2, 0) is 7.05 Å². The van der Waals surface area contributed by atoms with Crippen molar-refractivity contribution in [3.63, 3.8) is 0 Å². The van der Waals surface area contributed by atoms with Crippen LogP contribution in [0.25, 0.3) is 0 Å². The second kappa shape index (κ2) is 6.11. The highest BCUT2D eigenvalue weighted by Crippen LogP contribution is 2.22. The van der Waals surface area contributed by atoms with Crippen molar-refractivity contribution in [3.8, 4) is 0 Å². The first-order valence-electron chi connectivity index (χ1n) is 6.03. The molecule has 0 spiro atoms. The molecule has 0 aliphatic carbocycles. The molecule has 0 aliphatic rings. The number of hydrogen-bond acceptors (Lipinski definition) is 3. The monoisotopic (exact) mass is 308 g/mol. The van der Waals surface area contributed by atoms with Gasteiger partial charge in [0.1, 0.15) is 5.82 Å². The van der Waals surface area contributed by atoms with Gasteiger partial charge >= 0.3 is 0 Å². The number of halogens is 1. The SMILES string of the molecule is CCCNC(c1cncc(Br)c1)c1nccn1C. The molecule has 2 rings (SSSR count). The van der Waals surface area contributed by atoms with Crippen molar-refractivity contribution in [1.29, 1.82) is 0 Å². The fourth-order valence-electron chi connectivity index (χ4n) is 1.89. The maximum absolute atomic E-state index is 4.43. The lowest BCUT2D eigenvalue weighted by Crippen LogP contribution is -2.25. The molecule has 2 aromatic heterocycles. The van der Waals surface area contributed by atoms with Crippen molar-refractivity contribution < 1.29 is 0 Å². The Balaban J connectivity index is 2.33. The summed E-state index contributed by atoms with van der Waals surface area (Å²) in [5.74, 6) is 1.00. The highest BCUT2D eigenvalue weighted by molar-refractivity contribution is 9.10. The van der Waals surface area contributed by atoms with Gasteiger partial charge < -0.3 is 9.88 Å². The lowest BCUT2D eigenvalue weighted by atomic mass is 10.1. The molecule has 0 bridgehead atoms. The van der Waals surface area contributed by atoms with E-state index < -0.39 is 0 Å². The zero-order valence-electron chi connectivity index (χ0n) is 10.6. The second-order valence-corrected chi connectivity index (χ2v) is 5.14. The van der Waals surface area contributed by atoms with Gasteiger partial charge in [0, 0.05) is 36.3 Å². The molecule has 2 heterocycles. The lowest BCUT2D eigenvalue weighted by Gasteiger charge is -2.18. The van der Waals surface area contributed by atoms with Gasteiger partial charge in [-0.1, -0.05) is 6.92 Å². The number of aryl methyl sites for hydroxylation is 1. The maximum atomic E-state index is 4.43. The standard InChI is InChI=1S/C13H17BrN4/c1-3-4-16-12(13-17-5-6-18(13)2)10-7-11(14)9-15-8-10/h5-9,12,16H,3-4H2,1-2H3. The molecule has 0 aliphatic heterocycles. The summed E-state index contributed by atoms with van der Waals surface area (Å²) in [6.45, 7) is 3.10. The van der Waals surface area contributed by atoms with Gasteiger partial charge in [-0.2, -0.15) is 0 Å². The highest BCUT2D eigenvalue weighted by atomic mass is 79.9. The summed E-state index contributed by atoms with van der Waals surface area (Å²) >= 11 is 3.46. The molecule has 5 heteroatoms. The number of pyridine rings is 1. The summed E-state index contributed by atoms with van der Waals surface area (Å²) < 4.78 is 3.02. The van der Waals surface area contributed by atoms with Gasteiger partial charge in [0.25, 0.3) is 0 Å². The van der Waals surface area contributed by atoms with Crippen LogP contribution in [0.2, 0.25) is 0 Å². The Morgan fingerprint density at radius 3 is 2.89 bits per heavy atom. The largest absolute Gasteiger partial charge is 0.336 e. The fourth-order valence-corrected chi connectivity index (χ4v) is 2.27. The first-order chi connectivity index (χ1) is 8.72. The Hall–Kier alpha value is -1.20. The van der Waals surface area contributed by atoms with Gasteiger partial charge in [-0.3, -0.25) is 4.98 Å². The van der Waals surface area contributed by atoms with Crippen LogP contribution in [0.4, 0.5) is 0 Å². The number of hydrogen-bond donors (Lipinski definition) is 1. The molecule has 2 aromatic rings. The lowest BCUT2D eigenvalue weighted by molar-refractivity contribution is 0.554. The number of imidazole rings is 1. The average Bonchev–Trinajstić information content (AvgIpc) is 2.77. The van der Waals surface area contributed by atoms with E-state index in [-0.39, 0.29) is 6.04 Å². The van der Waals surface area contributed by atoms with Crippen LogP contribution in [0.1, 0.15) is 30.8 Å². The number of aromatic nitrogens is 3. The van der Waals surface area contributed by atoms with Gasteiger partial charge in [0.05, 0.1) is 6.04 Å². The van der Waals surface area contributed by atoms with Crippen LogP contribution in [0.15, 0.2) is 35.3 Å². The van der Waals surface area contributed by atoms with Crippen molar-refractivity contribution in [2.45, 2.75) is 19.4 Å². The van der Waals surface area contributed by atoms with E-state index in [0.29, 0.717) is 0 Å². The zero-order valence-corrected chi connectivity index (χ0v) is 12.2.